The summed E-state index contributed by atoms with van der Waals surface area (Å²) in [5.74, 6) is 0.991. The van der Waals surface area contributed by atoms with Crippen molar-refractivity contribution in [2.24, 2.45) is 10.4 Å². The maximum absolute atomic E-state index is 5.14. The molecule has 0 amide bonds. The lowest BCUT2D eigenvalue weighted by Gasteiger charge is -2.20. The third kappa shape index (κ3) is 4.08. The highest BCUT2D eigenvalue weighted by Gasteiger charge is 2.41. The summed E-state index contributed by atoms with van der Waals surface area (Å²) in [5.41, 5.74) is 0.498. The van der Waals surface area contributed by atoms with Crippen LogP contribution in [0.5, 0.6) is 0 Å². The highest BCUT2D eigenvalue weighted by molar-refractivity contribution is 14.0. The van der Waals surface area contributed by atoms with Crippen molar-refractivity contribution >= 4 is 29.9 Å². The van der Waals surface area contributed by atoms with Gasteiger partial charge in [-0.3, -0.25) is 4.99 Å². The monoisotopic (exact) mass is 339 g/mol. The van der Waals surface area contributed by atoms with E-state index in [2.05, 4.69) is 15.6 Å². The van der Waals surface area contributed by atoms with E-state index in [1.165, 1.54) is 19.3 Å². The number of methoxy groups -OCH3 is 1. The molecule has 4 nitrogen and oxygen atoms in total. The molecule has 1 fully saturated rings. The van der Waals surface area contributed by atoms with E-state index in [9.17, 15) is 0 Å². The second kappa shape index (κ2) is 6.64. The number of ether oxygens (including phenoxy) is 1. The van der Waals surface area contributed by atoms with Gasteiger partial charge in [-0.2, -0.15) is 0 Å². The SMILES string of the molecule is COCCC1(CNC2=NCCCN2)CC1.I. The van der Waals surface area contributed by atoms with Gasteiger partial charge in [0, 0.05) is 33.4 Å². The average Bonchev–Trinajstić information content (AvgIpc) is 3.06. The number of nitrogens with one attached hydrogen (secondary N) is 2. The average molecular weight is 339 g/mol. The molecule has 5 heteroatoms. The molecule has 0 radical (unpaired) electrons. The van der Waals surface area contributed by atoms with E-state index in [1.807, 2.05) is 0 Å². The van der Waals surface area contributed by atoms with Gasteiger partial charge in [0.2, 0.25) is 0 Å². The summed E-state index contributed by atoms with van der Waals surface area (Å²) in [7, 11) is 1.77. The van der Waals surface area contributed by atoms with Crippen molar-refractivity contribution in [3.63, 3.8) is 0 Å². The van der Waals surface area contributed by atoms with E-state index in [-0.39, 0.29) is 24.0 Å². The molecular formula is C11H22IN3O. The van der Waals surface area contributed by atoms with Crippen molar-refractivity contribution in [1.82, 2.24) is 10.6 Å². The molecule has 0 aromatic heterocycles. The van der Waals surface area contributed by atoms with Gasteiger partial charge in [0.1, 0.15) is 0 Å². The number of aliphatic imine (C=N–C) groups is 1. The van der Waals surface area contributed by atoms with Gasteiger partial charge < -0.3 is 15.4 Å². The van der Waals surface area contributed by atoms with E-state index < -0.39 is 0 Å². The molecule has 2 aliphatic rings. The van der Waals surface area contributed by atoms with Crippen LogP contribution in [0.1, 0.15) is 25.7 Å². The minimum Gasteiger partial charge on any atom is -0.385 e. The lowest BCUT2D eigenvalue weighted by molar-refractivity contribution is 0.172. The van der Waals surface area contributed by atoms with Crippen LogP contribution in [0.3, 0.4) is 0 Å². The summed E-state index contributed by atoms with van der Waals surface area (Å²) in [4.78, 5) is 4.40. The molecule has 1 saturated carbocycles. The standard InChI is InChI=1S/C11H21N3O.HI/c1-15-8-5-11(3-4-11)9-14-10-12-6-2-7-13-10;/h2-9H2,1H3,(H2,12,13,14);1H. The predicted molar refractivity (Wildman–Crippen MR) is 76.5 cm³/mol. The van der Waals surface area contributed by atoms with Gasteiger partial charge in [-0.05, 0) is 31.1 Å². The van der Waals surface area contributed by atoms with E-state index in [0.29, 0.717) is 5.41 Å². The zero-order valence-electron chi connectivity index (χ0n) is 9.92. The summed E-state index contributed by atoms with van der Waals surface area (Å²) in [6.07, 6.45) is 4.98. The van der Waals surface area contributed by atoms with Crippen LogP contribution in [-0.4, -0.2) is 39.3 Å². The minimum absolute atomic E-state index is 0. The van der Waals surface area contributed by atoms with Crippen LogP contribution in [0.2, 0.25) is 0 Å². The van der Waals surface area contributed by atoms with Gasteiger partial charge in [-0.25, -0.2) is 0 Å². The molecular weight excluding hydrogens is 317 g/mol. The Kier molecular flexibility index (Phi) is 5.82. The van der Waals surface area contributed by atoms with Gasteiger partial charge in [0.05, 0.1) is 0 Å². The summed E-state index contributed by atoms with van der Waals surface area (Å²) in [6, 6.07) is 0. The Morgan fingerprint density at radius 2 is 2.31 bits per heavy atom. The smallest absolute Gasteiger partial charge is 0.191 e. The fraction of sp³-hybridized carbons (Fsp3) is 0.909. The first-order chi connectivity index (χ1) is 7.35. The molecule has 2 N–H and O–H groups in total. The molecule has 0 unspecified atom stereocenters. The Balaban J connectivity index is 0.00000128. The third-order valence-electron chi connectivity index (χ3n) is 3.32. The predicted octanol–water partition coefficient (Wildman–Crippen LogP) is 1.36. The highest BCUT2D eigenvalue weighted by atomic mass is 127. The van der Waals surface area contributed by atoms with Crippen LogP contribution in [0.25, 0.3) is 0 Å². The Bertz CT molecular complexity index is 241. The van der Waals surface area contributed by atoms with Crippen LogP contribution in [0.4, 0.5) is 0 Å². The van der Waals surface area contributed by atoms with Crippen molar-refractivity contribution in [2.75, 3.05) is 33.4 Å². The van der Waals surface area contributed by atoms with Crippen LogP contribution < -0.4 is 10.6 Å². The topological polar surface area (TPSA) is 45.6 Å². The number of hydrogen-bond acceptors (Lipinski definition) is 4. The molecule has 94 valence electrons. The fourth-order valence-corrected chi connectivity index (χ4v) is 1.93. The lowest BCUT2D eigenvalue weighted by Crippen LogP contribution is -2.43. The number of guanidine groups is 1. The van der Waals surface area contributed by atoms with Crippen LogP contribution in [0, 0.1) is 5.41 Å². The molecule has 0 saturated heterocycles. The number of hydrogen-bond donors (Lipinski definition) is 2. The van der Waals surface area contributed by atoms with E-state index in [4.69, 9.17) is 4.74 Å². The van der Waals surface area contributed by atoms with Gasteiger partial charge >= 0.3 is 0 Å². The first-order valence-electron chi connectivity index (χ1n) is 5.86. The van der Waals surface area contributed by atoms with Gasteiger partial charge in [0.15, 0.2) is 5.96 Å². The summed E-state index contributed by atoms with van der Waals surface area (Å²) < 4.78 is 5.14. The van der Waals surface area contributed by atoms with Crippen molar-refractivity contribution in [1.29, 1.82) is 0 Å². The fourth-order valence-electron chi connectivity index (χ4n) is 1.93. The van der Waals surface area contributed by atoms with Gasteiger partial charge in [-0.1, -0.05) is 0 Å². The molecule has 1 aliphatic carbocycles. The third-order valence-corrected chi connectivity index (χ3v) is 3.32. The second-order valence-corrected chi connectivity index (χ2v) is 4.61. The molecule has 0 aromatic rings. The molecule has 0 bridgehead atoms. The molecule has 0 aromatic carbocycles. The van der Waals surface area contributed by atoms with Crippen LogP contribution in [-0.2, 0) is 4.74 Å². The number of halogens is 1. The quantitative estimate of drug-likeness (QED) is 0.744. The summed E-state index contributed by atoms with van der Waals surface area (Å²) in [6.45, 7) is 3.93. The first-order valence-corrected chi connectivity index (χ1v) is 5.86. The molecule has 2 rings (SSSR count). The van der Waals surface area contributed by atoms with Crippen LogP contribution >= 0.6 is 24.0 Å². The summed E-state index contributed by atoms with van der Waals surface area (Å²) >= 11 is 0. The summed E-state index contributed by atoms with van der Waals surface area (Å²) in [5, 5.41) is 6.70. The number of rotatable bonds is 5. The second-order valence-electron chi connectivity index (χ2n) is 4.61. The zero-order valence-corrected chi connectivity index (χ0v) is 12.3. The Morgan fingerprint density at radius 3 is 2.88 bits per heavy atom. The van der Waals surface area contributed by atoms with Gasteiger partial charge in [-0.15, -0.1) is 24.0 Å². The minimum atomic E-state index is 0. The van der Waals surface area contributed by atoms with Gasteiger partial charge in [0.25, 0.3) is 0 Å². The maximum Gasteiger partial charge on any atom is 0.191 e. The van der Waals surface area contributed by atoms with Crippen LogP contribution in [0.15, 0.2) is 4.99 Å². The maximum atomic E-state index is 5.14. The van der Waals surface area contributed by atoms with Crippen molar-refractivity contribution in [2.45, 2.75) is 25.7 Å². The molecule has 1 heterocycles. The van der Waals surface area contributed by atoms with E-state index >= 15 is 0 Å². The lowest BCUT2D eigenvalue weighted by atomic mass is 10.0. The molecule has 1 aliphatic heterocycles. The van der Waals surface area contributed by atoms with Crippen molar-refractivity contribution in [3.8, 4) is 0 Å². The molecule has 16 heavy (non-hydrogen) atoms. The highest BCUT2D eigenvalue weighted by Crippen LogP contribution is 2.48. The number of nitrogens with zero attached hydrogens (tertiary/aromatic N) is 1. The van der Waals surface area contributed by atoms with Crippen molar-refractivity contribution in [3.05, 3.63) is 0 Å². The Labute approximate surface area is 115 Å². The Morgan fingerprint density at radius 1 is 1.50 bits per heavy atom. The normalized spacial score (nSPS) is 21.4. The Hall–Kier alpha value is -0.0400. The van der Waals surface area contributed by atoms with E-state index in [0.717, 1.165) is 38.6 Å². The first kappa shape index (κ1) is 14.0. The largest absolute Gasteiger partial charge is 0.385 e. The van der Waals surface area contributed by atoms with Crippen molar-refractivity contribution < 1.29 is 4.74 Å². The molecule has 0 atom stereocenters. The van der Waals surface area contributed by atoms with E-state index in [1.54, 1.807) is 7.11 Å². The molecule has 0 spiro atoms. The zero-order chi connectivity index (χ0) is 10.6.